The maximum Gasteiger partial charge on any atom is 0.0931 e. The molecule has 11 rings (SSSR count). The van der Waals surface area contributed by atoms with Crippen molar-refractivity contribution in [2.24, 2.45) is 0 Å². The number of rotatable bonds is 7. The fourth-order valence-corrected chi connectivity index (χ4v) is 8.58. The van der Waals surface area contributed by atoms with E-state index in [1.807, 2.05) is 12.4 Å². The third-order valence-corrected chi connectivity index (χ3v) is 11.4. The number of H-pyrrole nitrogens is 1. The molecule has 0 fully saturated rings. The van der Waals surface area contributed by atoms with Gasteiger partial charge >= 0.3 is 0 Å². The first-order valence-corrected chi connectivity index (χ1v) is 20.3. The van der Waals surface area contributed by atoms with E-state index in [2.05, 4.69) is 237 Å². The highest BCUT2D eigenvalue weighted by Crippen LogP contribution is 2.39. The molecule has 0 aliphatic rings. The highest BCUT2D eigenvalue weighted by molar-refractivity contribution is 6.10. The van der Waals surface area contributed by atoms with E-state index in [1.165, 1.54) is 38.5 Å². The van der Waals surface area contributed by atoms with Crippen molar-refractivity contribution in [2.75, 3.05) is 4.90 Å². The van der Waals surface area contributed by atoms with E-state index in [1.54, 1.807) is 0 Å². The van der Waals surface area contributed by atoms with Crippen molar-refractivity contribution in [3.05, 3.63) is 231 Å². The molecule has 0 saturated heterocycles. The Morgan fingerprint density at radius 3 is 1.52 bits per heavy atom. The van der Waals surface area contributed by atoms with Crippen LogP contribution in [0.2, 0.25) is 0 Å². The predicted octanol–water partition coefficient (Wildman–Crippen LogP) is 14.5. The molecular formula is C55H39N5. The molecule has 0 radical (unpaired) electrons. The number of para-hydroxylation sites is 4. The second kappa shape index (κ2) is 15.0. The van der Waals surface area contributed by atoms with Crippen LogP contribution in [0.5, 0.6) is 0 Å². The average molecular weight is 770 g/mol. The van der Waals surface area contributed by atoms with Gasteiger partial charge in [0.15, 0.2) is 0 Å². The molecule has 0 spiro atoms. The monoisotopic (exact) mass is 769 g/mol. The SMILES string of the molecule is c1ccc(-c2ccc(N(c3ccc(-c4ccccc4)cc3)c3ccc4c(c3)[nH]cnc3ccccc3n4-c3ccc4c(c3)c3ccccc3n4-c3ccccc3)cc2)cc1. The Morgan fingerprint density at radius 2 is 0.850 bits per heavy atom. The van der Waals surface area contributed by atoms with Crippen LogP contribution < -0.4 is 4.90 Å². The summed E-state index contributed by atoms with van der Waals surface area (Å²) in [6.07, 6.45) is 1.81. The zero-order valence-corrected chi connectivity index (χ0v) is 32.7. The van der Waals surface area contributed by atoms with E-state index in [0.29, 0.717) is 0 Å². The number of anilines is 3. The first-order valence-electron chi connectivity index (χ1n) is 20.3. The van der Waals surface area contributed by atoms with E-state index >= 15 is 0 Å². The molecule has 2 aromatic heterocycles. The number of nitrogens with zero attached hydrogens (tertiary/aromatic N) is 4. The van der Waals surface area contributed by atoms with Gasteiger partial charge in [-0.2, -0.15) is 0 Å². The van der Waals surface area contributed by atoms with Crippen molar-refractivity contribution in [1.82, 2.24) is 19.1 Å². The Kier molecular flexibility index (Phi) is 8.75. The molecule has 5 nitrogen and oxygen atoms in total. The molecule has 0 bridgehead atoms. The van der Waals surface area contributed by atoms with Crippen molar-refractivity contribution in [2.45, 2.75) is 0 Å². The zero-order chi connectivity index (χ0) is 39.8. The van der Waals surface area contributed by atoms with Crippen LogP contribution >= 0.6 is 0 Å². The number of hydrogen-bond donors (Lipinski definition) is 1. The van der Waals surface area contributed by atoms with Gasteiger partial charge in [0.05, 0.1) is 39.4 Å². The molecule has 284 valence electrons. The fourth-order valence-electron chi connectivity index (χ4n) is 8.58. The van der Waals surface area contributed by atoms with Crippen molar-refractivity contribution in [3.8, 4) is 33.6 Å². The Labute approximate surface area is 348 Å². The van der Waals surface area contributed by atoms with Gasteiger partial charge in [-0.25, -0.2) is 4.98 Å². The largest absolute Gasteiger partial charge is 0.345 e. The van der Waals surface area contributed by atoms with Crippen molar-refractivity contribution in [3.63, 3.8) is 0 Å². The summed E-state index contributed by atoms with van der Waals surface area (Å²) in [4.78, 5) is 10.9. The van der Waals surface area contributed by atoms with Gasteiger partial charge in [-0.3, -0.25) is 0 Å². The molecule has 0 saturated carbocycles. The molecule has 1 N–H and O–H groups in total. The van der Waals surface area contributed by atoms with Gasteiger partial charge in [0.25, 0.3) is 0 Å². The van der Waals surface area contributed by atoms with E-state index < -0.39 is 0 Å². The molecule has 0 atom stereocenters. The van der Waals surface area contributed by atoms with Gasteiger partial charge in [0, 0.05) is 39.2 Å². The van der Waals surface area contributed by atoms with E-state index in [9.17, 15) is 0 Å². The first-order chi connectivity index (χ1) is 29.8. The minimum Gasteiger partial charge on any atom is -0.345 e. The van der Waals surface area contributed by atoms with Crippen molar-refractivity contribution < 1.29 is 0 Å². The number of benzene rings is 9. The van der Waals surface area contributed by atoms with E-state index in [-0.39, 0.29) is 0 Å². The third kappa shape index (κ3) is 6.26. The van der Waals surface area contributed by atoms with Crippen LogP contribution in [0.1, 0.15) is 0 Å². The standard InChI is InChI=1S/C55H39N5/c1-4-14-39(15-5-1)41-24-28-44(29-25-41)58(45-30-26-42(27-31-45)40-16-6-2-7-17-40)47-33-35-55-51(37-47)57-38-56-50-21-11-13-23-54(50)60(55)46-32-34-53-49(36-46)48-20-10-12-22-52(48)59(53)43-18-8-3-9-19-43/h1-38H,(H,56,57). The van der Waals surface area contributed by atoms with Gasteiger partial charge in [-0.1, -0.05) is 133 Å². The number of aromatic nitrogens is 4. The van der Waals surface area contributed by atoms with Crippen LogP contribution in [-0.2, 0) is 0 Å². The molecule has 60 heavy (non-hydrogen) atoms. The summed E-state index contributed by atoms with van der Waals surface area (Å²) in [7, 11) is 0. The number of aromatic amines is 1. The van der Waals surface area contributed by atoms with Gasteiger partial charge in [-0.15, -0.1) is 0 Å². The summed E-state index contributed by atoms with van der Waals surface area (Å²) >= 11 is 0. The average Bonchev–Trinajstić information content (AvgIpc) is 3.64. The normalized spacial score (nSPS) is 11.3. The smallest absolute Gasteiger partial charge is 0.0931 e. The lowest BCUT2D eigenvalue weighted by atomic mass is 10.0. The second-order valence-corrected chi connectivity index (χ2v) is 15.0. The lowest BCUT2D eigenvalue weighted by Gasteiger charge is -2.26. The lowest BCUT2D eigenvalue weighted by Crippen LogP contribution is -2.10. The molecule has 0 aliphatic carbocycles. The third-order valence-electron chi connectivity index (χ3n) is 11.4. The van der Waals surface area contributed by atoms with Crippen LogP contribution in [-0.4, -0.2) is 19.1 Å². The summed E-state index contributed by atoms with van der Waals surface area (Å²) in [5.74, 6) is 0. The van der Waals surface area contributed by atoms with Crippen LogP contribution in [0.4, 0.5) is 17.1 Å². The van der Waals surface area contributed by atoms with Gasteiger partial charge < -0.3 is 19.0 Å². The molecule has 9 aromatic carbocycles. The molecule has 0 aliphatic heterocycles. The van der Waals surface area contributed by atoms with Crippen molar-refractivity contribution >= 4 is 60.9 Å². The quantitative estimate of drug-likeness (QED) is 0.175. The van der Waals surface area contributed by atoms with Gasteiger partial charge in [-0.05, 0) is 113 Å². The Morgan fingerprint density at radius 1 is 0.350 bits per heavy atom. The Hall–Kier alpha value is -8.15. The highest BCUT2D eigenvalue weighted by atomic mass is 15.1. The molecule has 0 amide bonds. The first kappa shape index (κ1) is 35.0. The lowest BCUT2D eigenvalue weighted by molar-refractivity contribution is 1.14. The Bertz CT molecular complexity index is 3260. The number of nitrogens with one attached hydrogen (secondary N) is 1. The van der Waals surface area contributed by atoms with Crippen molar-refractivity contribution in [1.29, 1.82) is 0 Å². The summed E-state index contributed by atoms with van der Waals surface area (Å²) in [5.41, 5.74) is 16.2. The molecule has 0 unspecified atom stereocenters. The maximum absolute atomic E-state index is 4.95. The van der Waals surface area contributed by atoms with Gasteiger partial charge in [0.2, 0.25) is 0 Å². The van der Waals surface area contributed by atoms with Crippen LogP contribution in [0.15, 0.2) is 231 Å². The topological polar surface area (TPSA) is 41.8 Å². The van der Waals surface area contributed by atoms with E-state index in [0.717, 1.165) is 56.0 Å². The predicted molar refractivity (Wildman–Crippen MR) is 250 cm³/mol. The van der Waals surface area contributed by atoms with Crippen LogP contribution in [0.3, 0.4) is 0 Å². The second-order valence-electron chi connectivity index (χ2n) is 15.0. The van der Waals surface area contributed by atoms with Gasteiger partial charge in [0.1, 0.15) is 0 Å². The number of fused-ring (bicyclic) bond motifs is 5. The summed E-state index contributed by atoms with van der Waals surface area (Å²) in [6.45, 7) is 0. The minimum absolute atomic E-state index is 0.880. The molecule has 5 heteroatoms. The summed E-state index contributed by atoms with van der Waals surface area (Å²) in [5, 5.41) is 2.39. The van der Waals surface area contributed by atoms with E-state index in [4.69, 9.17) is 4.98 Å². The molecular weight excluding hydrogens is 731 g/mol. The highest BCUT2D eigenvalue weighted by Gasteiger charge is 2.17. The summed E-state index contributed by atoms with van der Waals surface area (Å²) < 4.78 is 4.69. The zero-order valence-electron chi connectivity index (χ0n) is 32.7. The van der Waals surface area contributed by atoms with Crippen LogP contribution in [0.25, 0.3) is 77.5 Å². The molecule has 11 aromatic rings. The minimum atomic E-state index is 0.880. The van der Waals surface area contributed by atoms with Crippen LogP contribution in [0, 0.1) is 0 Å². The maximum atomic E-state index is 4.95. The Balaban J connectivity index is 1.11. The summed E-state index contributed by atoms with van der Waals surface area (Å²) in [6, 6.07) is 79.9. The molecule has 2 heterocycles. The number of hydrogen-bond acceptors (Lipinski definition) is 2. The fraction of sp³-hybridized carbons (Fsp3) is 0.